The zero-order chi connectivity index (χ0) is 51.1. The molecule has 17 rings (SSSR count). The minimum absolute atomic E-state index is 0.114. The van der Waals surface area contributed by atoms with E-state index in [1.807, 2.05) is 23.5 Å². The third-order valence-electron chi connectivity index (χ3n) is 17.6. The topological polar surface area (TPSA) is 8.17 Å². The molecule has 3 aliphatic carbocycles. The van der Waals surface area contributed by atoms with Crippen LogP contribution < -0.4 is 4.90 Å². The number of allylic oxidation sites excluding steroid dienone is 3. The summed E-state index contributed by atoms with van der Waals surface area (Å²) in [6.45, 7) is 0. The van der Waals surface area contributed by atoms with E-state index in [4.69, 9.17) is 0 Å². The Labute approximate surface area is 462 Å². The van der Waals surface area contributed by atoms with Crippen molar-refractivity contribution in [2.75, 3.05) is 4.90 Å². The van der Waals surface area contributed by atoms with Crippen LogP contribution in [0.1, 0.15) is 62.4 Å². The van der Waals surface area contributed by atoms with E-state index in [1.165, 1.54) is 125 Å². The number of benzene rings is 11. The second kappa shape index (κ2) is 16.8. The van der Waals surface area contributed by atoms with Crippen LogP contribution in [0.3, 0.4) is 0 Å². The maximum atomic E-state index is 2.62. The van der Waals surface area contributed by atoms with Gasteiger partial charge in [-0.25, -0.2) is 0 Å². The van der Waals surface area contributed by atoms with E-state index in [9.17, 15) is 0 Å². The van der Waals surface area contributed by atoms with Crippen molar-refractivity contribution in [1.82, 2.24) is 4.57 Å². The van der Waals surface area contributed by atoms with Gasteiger partial charge in [0.25, 0.3) is 0 Å². The number of hydrogen-bond acceptors (Lipinski definition) is 3. The SMILES string of the molecule is C1=CC(N(c2ccc3c(c2)C2(c4ccccc4Sc4ccccc42)c2ccccc2-3)c2cccc3c2-c2ccccc2C32c3ccccc3Sc3ccccc32)=CC(c2ccc3c4ccccc4n(-c4ccccc4)c3c2)C1. The predicted octanol–water partition coefficient (Wildman–Crippen LogP) is 19.2. The fourth-order valence-electron chi connectivity index (χ4n) is 14.6. The molecule has 0 radical (unpaired) electrons. The van der Waals surface area contributed by atoms with E-state index in [0.717, 1.165) is 17.8 Å². The molecule has 0 bridgehead atoms. The van der Waals surface area contributed by atoms with Crippen molar-refractivity contribution in [3.8, 4) is 27.9 Å². The van der Waals surface area contributed by atoms with Crippen LogP contribution in [0.5, 0.6) is 0 Å². The van der Waals surface area contributed by atoms with Crippen molar-refractivity contribution < 1.29 is 0 Å². The predicted molar refractivity (Wildman–Crippen MR) is 323 cm³/mol. The van der Waals surface area contributed by atoms with Crippen molar-refractivity contribution in [2.24, 2.45) is 0 Å². The number of nitrogens with zero attached hydrogens (tertiary/aromatic N) is 2. The van der Waals surface area contributed by atoms with Crippen molar-refractivity contribution >= 4 is 56.7 Å². The van der Waals surface area contributed by atoms with Crippen molar-refractivity contribution in [3.05, 3.63) is 329 Å². The highest BCUT2D eigenvalue weighted by atomic mass is 32.2. The molecule has 12 aromatic rings. The van der Waals surface area contributed by atoms with Crippen LogP contribution in [0.25, 0.3) is 49.7 Å². The molecule has 0 fully saturated rings. The molecule has 1 unspecified atom stereocenters. The molecular formula is C74H48N2S2. The Morgan fingerprint density at radius 2 is 0.923 bits per heavy atom. The molecule has 11 aromatic carbocycles. The van der Waals surface area contributed by atoms with Crippen molar-refractivity contribution in [3.63, 3.8) is 0 Å². The molecule has 0 saturated carbocycles. The highest BCUT2D eigenvalue weighted by Crippen LogP contribution is 2.66. The van der Waals surface area contributed by atoms with Gasteiger partial charge in [-0.15, -0.1) is 0 Å². The fourth-order valence-corrected chi connectivity index (χ4v) is 17.0. The highest BCUT2D eigenvalue weighted by Gasteiger charge is 2.53. The third-order valence-corrected chi connectivity index (χ3v) is 19.9. The number of rotatable bonds is 5. The van der Waals surface area contributed by atoms with Gasteiger partial charge in [0.05, 0.1) is 27.6 Å². The fraction of sp³-hybridized carbons (Fsp3) is 0.0541. The van der Waals surface area contributed by atoms with Gasteiger partial charge in [0, 0.05) is 58.9 Å². The Balaban J connectivity index is 0.933. The van der Waals surface area contributed by atoms with Crippen molar-refractivity contribution in [1.29, 1.82) is 0 Å². The summed E-state index contributed by atoms with van der Waals surface area (Å²) in [5.41, 5.74) is 23.1. The van der Waals surface area contributed by atoms with Crippen LogP contribution >= 0.6 is 23.5 Å². The Hall–Kier alpha value is -8.80. The van der Waals surface area contributed by atoms with Gasteiger partial charge >= 0.3 is 0 Å². The molecule has 2 spiro atoms. The summed E-state index contributed by atoms with van der Waals surface area (Å²) in [6.07, 6.45) is 8.27. The molecule has 1 atom stereocenters. The van der Waals surface area contributed by atoms with Gasteiger partial charge in [-0.05, 0) is 146 Å². The molecular weight excluding hydrogens is 981 g/mol. The zero-order valence-corrected chi connectivity index (χ0v) is 44.1. The maximum absolute atomic E-state index is 2.62. The molecule has 0 amide bonds. The number of anilines is 2. The summed E-state index contributed by atoms with van der Waals surface area (Å²) in [4.78, 5) is 7.84. The van der Waals surface area contributed by atoms with E-state index in [1.54, 1.807) is 0 Å². The molecule has 0 saturated heterocycles. The average molecular weight is 1030 g/mol. The second-order valence-corrected chi connectivity index (χ2v) is 23.5. The Morgan fingerprint density at radius 1 is 0.397 bits per heavy atom. The van der Waals surface area contributed by atoms with Gasteiger partial charge in [-0.3, -0.25) is 0 Å². The molecule has 4 heteroatoms. The molecule has 78 heavy (non-hydrogen) atoms. The first kappa shape index (κ1) is 44.3. The summed E-state index contributed by atoms with van der Waals surface area (Å²) < 4.78 is 2.45. The summed E-state index contributed by atoms with van der Waals surface area (Å²) in [6, 6.07) is 96.5. The van der Waals surface area contributed by atoms with Crippen LogP contribution in [0.15, 0.2) is 298 Å². The Kier molecular flexibility index (Phi) is 9.58. The lowest BCUT2D eigenvalue weighted by atomic mass is 9.67. The first-order chi connectivity index (χ1) is 38.7. The lowest BCUT2D eigenvalue weighted by Crippen LogP contribution is -2.32. The van der Waals surface area contributed by atoms with Gasteiger partial charge in [-0.2, -0.15) is 0 Å². The van der Waals surface area contributed by atoms with Crippen molar-refractivity contribution in [2.45, 2.75) is 42.8 Å². The van der Waals surface area contributed by atoms with Crippen LogP contribution in [-0.2, 0) is 10.8 Å². The van der Waals surface area contributed by atoms with Gasteiger partial charge in [-0.1, -0.05) is 224 Å². The number of fused-ring (bicyclic) bond motifs is 21. The zero-order valence-electron chi connectivity index (χ0n) is 42.5. The lowest BCUT2D eigenvalue weighted by Gasteiger charge is -2.40. The van der Waals surface area contributed by atoms with E-state index in [2.05, 4.69) is 282 Å². The number of aromatic nitrogens is 1. The smallest absolute Gasteiger partial charge is 0.0736 e. The Bertz CT molecular complexity index is 4490. The number of para-hydroxylation sites is 2. The molecule has 0 N–H and O–H groups in total. The lowest BCUT2D eigenvalue weighted by molar-refractivity contribution is 0.721. The molecule has 2 nitrogen and oxygen atoms in total. The second-order valence-electron chi connectivity index (χ2n) is 21.3. The minimum Gasteiger partial charge on any atom is -0.310 e. The van der Waals surface area contributed by atoms with Crippen LogP contribution in [0.2, 0.25) is 0 Å². The third kappa shape index (κ3) is 5.96. The van der Waals surface area contributed by atoms with Gasteiger partial charge in [0.2, 0.25) is 0 Å². The monoisotopic (exact) mass is 1030 g/mol. The first-order valence-electron chi connectivity index (χ1n) is 27.2. The van der Waals surface area contributed by atoms with E-state index < -0.39 is 10.8 Å². The van der Waals surface area contributed by atoms with Gasteiger partial charge in [0.15, 0.2) is 0 Å². The van der Waals surface area contributed by atoms with E-state index in [0.29, 0.717) is 0 Å². The normalized spacial score (nSPS) is 16.2. The minimum atomic E-state index is -0.527. The standard InChI is InChI=1S/C74H48N2S2/c1-2-21-49(22-3-1)76-65-34-13-6-25-54(65)55-42-40-48(45-67(55)76)47-20-18-23-50(44-47)75(51-41-43-53-52-24-4-7-27-57(52)74(64(53)46-51)61-31-11-16-38-70(61)78-71-39-17-12-32-62(71)74)66-35-19-33-63-72(66)56-26-5-8-28-58(56)73(63)59-29-9-14-36-68(59)77-69-37-15-10-30-60(69)73/h1-19,21-47H,20H2. The van der Waals surface area contributed by atoms with Gasteiger partial charge in [0.1, 0.15) is 0 Å². The first-order valence-corrected chi connectivity index (χ1v) is 28.8. The van der Waals surface area contributed by atoms with Crippen LogP contribution in [0, 0.1) is 0 Å². The maximum Gasteiger partial charge on any atom is 0.0736 e. The largest absolute Gasteiger partial charge is 0.310 e. The molecule has 366 valence electrons. The van der Waals surface area contributed by atoms with E-state index >= 15 is 0 Å². The van der Waals surface area contributed by atoms with Crippen LogP contribution in [0.4, 0.5) is 11.4 Å². The summed E-state index contributed by atoms with van der Waals surface area (Å²) in [5.74, 6) is 0.114. The summed E-state index contributed by atoms with van der Waals surface area (Å²) in [7, 11) is 0. The Morgan fingerprint density at radius 3 is 1.60 bits per heavy atom. The molecule has 1 aromatic heterocycles. The summed E-state index contributed by atoms with van der Waals surface area (Å²) in [5, 5.41) is 2.54. The molecule has 3 heterocycles. The summed E-state index contributed by atoms with van der Waals surface area (Å²) >= 11 is 3.80. The number of hydrogen-bond donors (Lipinski definition) is 0. The average Bonchev–Trinajstić information content (AvgIpc) is 4.31. The van der Waals surface area contributed by atoms with E-state index in [-0.39, 0.29) is 5.92 Å². The molecule has 2 aliphatic heterocycles. The molecule has 5 aliphatic rings. The van der Waals surface area contributed by atoms with Crippen LogP contribution in [-0.4, -0.2) is 4.57 Å². The quantitative estimate of drug-likeness (QED) is 0.170. The highest BCUT2D eigenvalue weighted by molar-refractivity contribution is 7.99. The van der Waals surface area contributed by atoms with Gasteiger partial charge < -0.3 is 9.47 Å².